The van der Waals surface area contributed by atoms with Crippen molar-refractivity contribution in [1.82, 2.24) is 0 Å². The quantitative estimate of drug-likeness (QED) is 0.0643. The first-order chi connectivity index (χ1) is 39.1. The van der Waals surface area contributed by atoms with Gasteiger partial charge in [-0.15, -0.1) is 0 Å². The summed E-state index contributed by atoms with van der Waals surface area (Å²) in [6.45, 7) is 6.75. The Balaban J connectivity index is 0.00000605. The molecule has 8 aromatic rings. The van der Waals surface area contributed by atoms with Gasteiger partial charge < -0.3 is 19.9 Å². The lowest BCUT2D eigenvalue weighted by Crippen LogP contribution is -2.36. The molecule has 8 rings (SSSR count). The zero-order chi connectivity index (χ0) is 62.7. The largest absolute Gasteiger partial charge is 0.870 e. The highest BCUT2D eigenvalue weighted by Gasteiger charge is 2.34. The number of hydrogen-bond acceptors (Lipinski definition) is 14. The van der Waals surface area contributed by atoms with Crippen LogP contribution >= 0.6 is 10.0 Å². The molecule has 16 nitrogen and oxygen atoms in total. The van der Waals surface area contributed by atoms with Crippen molar-refractivity contribution < 1.29 is 70.4 Å². The van der Waals surface area contributed by atoms with Crippen molar-refractivity contribution in [2.45, 2.75) is 104 Å². The van der Waals surface area contributed by atoms with E-state index in [2.05, 4.69) is 0 Å². The summed E-state index contributed by atoms with van der Waals surface area (Å²) in [5, 5.41) is 0. The predicted molar refractivity (Wildman–Crippen MR) is 338 cm³/mol. The van der Waals surface area contributed by atoms with Gasteiger partial charge in [-0.1, -0.05) is 55.8 Å². The van der Waals surface area contributed by atoms with Crippen LogP contribution in [-0.4, -0.2) is 131 Å². The second-order valence-corrected chi connectivity index (χ2v) is 39.8. The molecule has 466 valence electrons. The monoisotopic (exact) mass is 1320 g/mol. The molecule has 0 aliphatic heterocycles. The number of nitrogens with zero attached hydrogens (tertiary/aromatic N) is 2. The molecule has 0 spiro atoms. The first-order valence-electron chi connectivity index (χ1n) is 26.7. The van der Waals surface area contributed by atoms with Gasteiger partial charge in [0, 0.05) is 22.8 Å². The van der Waals surface area contributed by atoms with Crippen molar-refractivity contribution in [3.8, 4) is 0 Å². The third kappa shape index (κ3) is 15.0. The van der Waals surface area contributed by atoms with Crippen LogP contribution in [0.25, 0.3) is 0 Å². The maximum Gasteiger partial charge on any atom is 0.206 e. The van der Waals surface area contributed by atoms with E-state index in [0.29, 0.717) is 27.6 Å². The maximum absolute atomic E-state index is 14.4. The summed E-state index contributed by atoms with van der Waals surface area (Å²) in [5.74, 6) is -0.445. The number of benzene rings is 8. The first kappa shape index (κ1) is 69.7. The summed E-state index contributed by atoms with van der Waals surface area (Å²) < 4.78 is 164. The summed E-state index contributed by atoms with van der Waals surface area (Å²) in [5.41, 5.74) is 3.60. The topological polar surface area (TPSA) is 265 Å². The molecule has 0 aromatic heterocycles. The molecule has 0 aliphatic rings. The van der Waals surface area contributed by atoms with Crippen molar-refractivity contribution in [1.29, 1.82) is 0 Å². The van der Waals surface area contributed by atoms with Crippen molar-refractivity contribution >= 4 is 69.1 Å². The molecule has 0 saturated heterocycles. The van der Waals surface area contributed by atoms with Gasteiger partial charge >= 0.3 is 0 Å². The minimum Gasteiger partial charge on any atom is -0.870 e. The molecule has 8 aromatic carbocycles. The van der Waals surface area contributed by atoms with E-state index < -0.39 is 80.2 Å². The lowest BCUT2D eigenvalue weighted by atomic mass is 9.74. The van der Waals surface area contributed by atoms with E-state index >= 15 is 0 Å². The van der Waals surface area contributed by atoms with Crippen LogP contribution in [0.4, 0.5) is 0 Å². The zero-order valence-corrected chi connectivity index (χ0v) is 56.2. The molecule has 0 aliphatic carbocycles. The third-order valence-electron chi connectivity index (χ3n) is 14.8. The van der Waals surface area contributed by atoms with E-state index in [4.69, 9.17) is 0 Å². The van der Waals surface area contributed by atoms with Gasteiger partial charge in [0.25, 0.3) is 0 Å². The van der Waals surface area contributed by atoms with E-state index in [1.165, 1.54) is 97.1 Å². The Kier molecular flexibility index (Phi) is 20.0. The minimum atomic E-state index is -4.18. The van der Waals surface area contributed by atoms with Gasteiger partial charge in [-0.2, -0.15) is 10.0 Å². The Morgan fingerprint density at radius 3 is 0.908 bits per heavy atom. The van der Waals surface area contributed by atoms with Gasteiger partial charge in [0.05, 0.1) is 97.0 Å². The fourth-order valence-electron chi connectivity index (χ4n) is 10.2. The number of sulfone groups is 6. The summed E-state index contributed by atoms with van der Waals surface area (Å²) in [4.78, 5) is 1.68. The second-order valence-electron chi connectivity index (χ2n) is 24.4. The van der Waals surface area contributed by atoms with E-state index in [-0.39, 0.29) is 59.9 Å². The highest BCUT2D eigenvalue weighted by Crippen LogP contribution is 2.56. The van der Waals surface area contributed by atoms with E-state index in [0.717, 1.165) is 43.9 Å². The normalized spacial score (nSPS) is 13.3. The number of quaternary nitrogens is 2. The predicted octanol–water partition coefficient (Wildman–Crippen LogP) is 10.6. The molecule has 23 heteroatoms. The van der Waals surface area contributed by atoms with Gasteiger partial charge in [0.1, 0.15) is 13.1 Å². The van der Waals surface area contributed by atoms with Crippen molar-refractivity contribution in [3.05, 3.63) is 215 Å². The van der Waals surface area contributed by atoms with E-state index in [1.807, 2.05) is 81.6 Å². The SMILES string of the molecule is Cc1ccc(S(=O)(=O)c2ccc(S(=O)(=O)c3ccc(C(C)(C)c4ccc(S(=O)(=O)Cc5ccc(S(=O)(=O)c6ccc(S(=O)(=O)c7ccc(S(C)(C)c8ccc(S(C)(=O)=O)cc8)cc7)cc6)cc5)cc4C[N+](C)(C)C)c(C[N+](C)(C)C)c3)cc2)cc1.[OH-].[OH-]. The lowest BCUT2D eigenvalue weighted by Gasteiger charge is -2.34. The van der Waals surface area contributed by atoms with Crippen LogP contribution < -0.4 is 0 Å². The second kappa shape index (κ2) is 24.9. The Bertz CT molecular complexity index is 4560. The van der Waals surface area contributed by atoms with Crippen LogP contribution in [0.5, 0.6) is 0 Å². The van der Waals surface area contributed by atoms with Crippen LogP contribution in [0.15, 0.2) is 241 Å². The smallest absolute Gasteiger partial charge is 0.206 e. The molecule has 0 heterocycles. The van der Waals surface area contributed by atoms with Gasteiger partial charge in [0.15, 0.2) is 19.7 Å². The molecule has 0 fully saturated rings. The average Bonchev–Trinajstić information content (AvgIpc) is 0.891. The number of rotatable bonds is 20. The third-order valence-corrected chi connectivity index (χ3v) is 27.7. The summed E-state index contributed by atoms with van der Waals surface area (Å²) in [6, 6.07) is 45.3. The summed E-state index contributed by atoms with van der Waals surface area (Å²) in [7, 11) is -13.4. The molecule has 0 radical (unpaired) electrons. The van der Waals surface area contributed by atoms with E-state index in [9.17, 15) is 50.5 Å². The molecular formula is C64H74N2O14S7. The number of aryl methyl sites for hydroxylation is 1. The van der Waals surface area contributed by atoms with Gasteiger partial charge in [-0.25, -0.2) is 50.5 Å². The standard InChI is InChI=1S/C64H72N2O12S7.2H2O/c1-46-13-17-53(18-14-46)82(71,72)56-33-35-59(36-34-56)85(77,78)61-38-40-63(49(42-61)44-66(7,8)9)64(2,3)62-39-37-60(41-48(62)43-65(4,5)6)81(69,70)45-47-15-19-54(20-16-47)83(73,74)57-29-31-58(32-30-57)84(75,76)55-27-23-51(24-28-55)79(10,11)50-21-25-52(26-22-50)80(12,67)68;;/h13-42H,43-45H2,1-12H3;2*1H2/q+2;;/p-2. The van der Waals surface area contributed by atoms with Crippen LogP contribution in [0.2, 0.25) is 0 Å². The molecule has 0 atom stereocenters. The van der Waals surface area contributed by atoms with Crippen molar-refractivity contribution in [2.75, 3.05) is 61.1 Å². The minimum absolute atomic E-state index is 0. The zero-order valence-electron chi connectivity index (χ0n) is 50.5. The van der Waals surface area contributed by atoms with Gasteiger partial charge in [-0.3, -0.25) is 0 Å². The highest BCUT2D eigenvalue weighted by molar-refractivity contribution is 8.32. The summed E-state index contributed by atoms with van der Waals surface area (Å²) in [6.07, 6.45) is 5.19. The van der Waals surface area contributed by atoms with Crippen LogP contribution in [-0.2, 0) is 83.3 Å². The molecule has 0 saturated carbocycles. The Morgan fingerprint density at radius 2 is 0.586 bits per heavy atom. The fraction of sp³-hybridized carbons (Fsp3) is 0.250. The van der Waals surface area contributed by atoms with Crippen molar-refractivity contribution in [2.24, 2.45) is 0 Å². The molecule has 0 amide bonds. The Hall–Kier alpha value is -6.35. The molecule has 2 N–H and O–H groups in total. The molecular weight excluding hydrogens is 1250 g/mol. The van der Waals surface area contributed by atoms with Crippen LogP contribution in [0.3, 0.4) is 0 Å². The number of hydrogen-bond donors (Lipinski definition) is 0. The van der Waals surface area contributed by atoms with Gasteiger partial charge in [-0.05, 0) is 192 Å². The van der Waals surface area contributed by atoms with Crippen molar-refractivity contribution in [3.63, 3.8) is 0 Å². The average molecular weight is 1320 g/mol. The Morgan fingerprint density at radius 1 is 0.333 bits per heavy atom. The molecule has 0 bridgehead atoms. The summed E-state index contributed by atoms with van der Waals surface area (Å²) >= 11 is 0. The fourth-order valence-corrected chi connectivity index (χ4v) is 19.2. The van der Waals surface area contributed by atoms with Crippen LogP contribution in [0, 0.1) is 6.92 Å². The Labute approximate surface area is 515 Å². The van der Waals surface area contributed by atoms with Crippen LogP contribution in [0.1, 0.15) is 47.2 Å². The lowest BCUT2D eigenvalue weighted by molar-refractivity contribution is -0.884. The highest BCUT2D eigenvalue weighted by atomic mass is 32.3. The maximum atomic E-state index is 14.4. The molecule has 87 heavy (non-hydrogen) atoms. The van der Waals surface area contributed by atoms with E-state index in [1.54, 1.807) is 78.9 Å². The molecule has 0 unspecified atom stereocenters. The van der Waals surface area contributed by atoms with Gasteiger partial charge in [0.2, 0.25) is 39.3 Å². The first-order valence-corrected chi connectivity index (χ1v) is 38.7.